The van der Waals surface area contributed by atoms with Crippen molar-refractivity contribution >= 4 is 0 Å². The van der Waals surface area contributed by atoms with Crippen molar-refractivity contribution in [3.8, 4) is 16.9 Å². The summed E-state index contributed by atoms with van der Waals surface area (Å²) in [6.07, 6.45) is 7.06. The zero-order valence-corrected chi connectivity index (χ0v) is 18.4. The van der Waals surface area contributed by atoms with Gasteiger partial charge in [0.15, 0.2) is 0 Å². The molecule has 31 heavy (non-hydrogen) atoms. The molecule has 2 bridgehead atoms. The molecule has 1 aliphatic carbocycles. The Morgan fingerprint density at radius 2 is 1.81 bits per heavy atom. The number of imidazole rings is 1. The van der Waals surface area contributed by atoms with E-state index in [1.165, 1.54) is 23.1 Å². The number of aryl methyl sites for hydroxylation is 1. The average molecular weight is 418 g/mol. The second-order valence-corrected chi connectivity index (χ2v) is 9.13. The van der Waals surface area contributed by atoms with Gasteiger partial charge in [0.1, 0.15) is 17.2 Å². The molecule has 0 amide bonds. The number of nitrogens with zero attached hydrogens (tertiary/aromatic N) is 3. The number of likely N-dealkylation sites (tertiary alicyclic amines) is 1. The van der Waals surface area contributed by atoms with Gasteiger partial charge in [0.25, 0.3) is 0 Å². The van der Waals surface area contributed by atoms with Crippen LogP contribution >= 0.6 is 0 Å². The minimum absolute atomic E-state index is 0.228. The molecule has 5 heteroatoms. The van der Waals surface area contributed by atoms with E-state index in [0.717, 1.165) is 44.0 Å². The van der Waals surface area contributed by atoms with Crippen molar-refractivity contribution in [3.63, 3.8) is 0 Å². The van der Waals surface area contributed by atoms with Crippen molar-refractivity contribution in [2.24, 2.45) is 18.9 Å². The number of aliphatic hydroxyl groups is 1. The fraction of sp³-hybridized carbons (Fsp3) is 0.423. The van der Waals surface area contributed by atoms with E-state index in [0.29, 0.717) is 0 Å². The van der Waals surface area contributed by atoms with E-state index in [1.807, 2.05) is 29.9 Å². The number of benzene rings is 2. The summed E-state index contributed by atoms with van der Waals surface area (Å²) < 4.78 is 7.28. The summed E-state index contributed by atoms with van der Waals surface area (Å²) >= 11 is 0. The van der Waals surface area contributed by atoms with Gasteiger partial charge >= 0.3 is 0 Å². The molecule has 1 N–H and O–H groups in total. The Balaban J connectivity index is 1.35. The van der Waals surface area contributed by atoms with Crippen LogP contribution in [0.4, 0.5) is 0 Å². The van der Waals surface area contributed by atoms with E-state index in [2.05, 4.69) is 46.3 Å². The SMILES string of the molecule is COc1ccc(-c2cccc(CN3C[C@@H]4CCC[C@@H](C3)C4(O)c3nccn3C)c2)cc1. The van der Waals surface area contributed by atoms with Gasteiger partial charge in [-0.2, -0.15) is 0 Å². The highest BCUT2D eigenvalue weighted by atomic mass is 16.5. The largest absolute Gasteiger partial charge is 0.497 e. The molecule has 2 fully saturated rings. The lowest BCUT2D eigenvalue weighted by Gasteiger charge is -2.52. The first-order chi connectivity index (χ1) is 15.1. The highest BCUT2D eigenvalue weighted by molar-refractivity contribution is 5.64. The van der Waals surface area contributed by atoms with Crippen molar-refractivity contribution in [1.82, 2.24) is 14.5 Å². The maximum absolute atomic E-state index is 11.8. The van der Waals surface area contributed by atoms with Crippen LogP contribution in [0.25, 0.3) is 11.1 Å². The zero-order chi connectivity index (χ0) is 21.4. The second kappa shape index (κ2) is 8.13. The van der Waals surface area contributed by atoms with Gasteiger partial charge in [-0.05, 0) is 47.7 Å². The Morgan fingerprint density at radius 3 is 2.45 bits per heavy atom. The highest BCUT2D eigenvalue weighted by Crippen LogP contribution is 2.48. The van der Waals surface area contributed by atoms with Crippen LogP contribution < -0.4 is 4.74 Å². The Morgan fingerprint density at radius 1 is 1.06 bits per heavy atom. The number of hydrogen-bond acceptors (Lipinski definition) is 4. The van der Waals surface area contributed by atoms with Gasteiger partial charge in [0.2, 0.25) is 0 Å². The highest BCUT2D eigenvalue weighted by Gasteiger charge is 2.53. The van der Waals surface area contributed by atoms with Crippen LogP contribution in [0.2, 0.25) is 0 Å². The number of fused-ring (bicyclic) bond motifs is 2. The molecule has 1 aromatic heterocycles. The van der Waals surface area contributed by atoms with Gasteiger partial charge in [-0.1, -0.05) is 36.8 Å². The molecule has 3 aromatic rings. The van der Waals surface area contributed by atoms with Crippen LogP contribution in [-0.4, -0.2) is 39.8 Å². The molecule has 2 aliphatic rings. The third-order valence-electron chi connectivity index (χ3n) is 7.24. The fourth-order valence-electron chi connectivity index (χ4n) is 5.68. The lowest BCUT2D eigenvalue weighted by Crippen LogP contribution is -2.58. The number of aromatic nitrogens is 2. The quantitative estimate of drug-likeness (QED) is 0.676. The Hall–Kier alpha value is -2.63. The minimum Gasteiger partial charge on any atom is -0.497 e. The molecule has 5 rings (SSSR count). The van der Waals surface area contributed by atoms with Gasteiger partial charge in [-0.3, -0.25) is 4.90 Å². The molecule has 0 radical (unpaired) electrons. The number of hydrogen-bond donors (Lipinski definition) is 1. The number of rotatable bonds is 5. The van der Waals surface area contributed by atoms with Crippen LogP contribution in [0, 0.1) is 11.8 Å². The molecular formula is C26H31N3O2. The van der Waals surface area contributed by atoms with E-state index in [-0.39, 0.29) is 11.8 Å². The summed E-state index contributed by atoms with van der Waals surface area (Å²) in [4.78, 5) is 7.07. The van der Waals surface area contributed by atoms with Crippen molar-refractivity contribution in [2.45, 2.75) is 31.4 Å². The van der Waals surface area contributed by atoms with Crippen LogP contribution in [0.15, 0.2) is 60.9 Å². The third kappa shape index (κ3) is 3.66. The van der Waals surface area contributed by atoms with Gasteiger partial charge < -0.3 is 14.4 Å². The van der Waals surface area contributed by atoms with E-state index in [9.17, 15) is 5.11 Å². The number of piperidine rings is 1. The summed E-state index contributed by atoms with van der Waals surface area (Å²) in [5.41, 5.74) is 2.93. The maximum atomic E-state index is 11.8. The average Bonchev–Trinajstić information content (AvgIpc) is 3.21. The fourth-order valence-corrected chi connectivity index (χ4v) is 5.68. The summed E-state index contributed by atoms with van der Waals surface area (Å²) in [6.45, 7) is 2.73. The Labute approximate surface area is 184 Å². The standard InChI is InChI=1S/C26H31N3O2/c1-28-14-13-27-25(28)26(30)22-7-4-8-23(26)18-29(17-22)16-19-5-3-6-21(15-19)20-9-11-24(31-2)12-10-20/h3,5-6,9-15,22-23,30H,4,7-8,16-18H2,1-2H3/t22-,23-/m0/s1. The normalized spacial score (nSPS) is 26.0. The molecule has 2 aromatic carbocycles. The molecule has 0 unspecified atom stereocenters. The molecule has 1 aliphatic heterocycles. The lowest BCUT2D eigenvalue weighted by atomic mass is 9.65. The molecular weight excluding hydrogens is 386 g/mol. The van der Waals surface area contributed by atoms with Crippen molar-refractivity contribution < 1.29 is 9.84 Å². The van der Waals surface area contributed by atoms with Gasteiger partial charge in [-0.25, -0.2) is 4.98 Å². The second-order valence-electron chi connectivity index (χ2n) is 9.13. The first kappa shape index (κ1) is 20.3. The third-order valence-corrected chi connectivity index (χ3v) is 7.24. The van der Waals surface area contributed by atoms with Crippen molar-refractivity contribution in [2.75, 3.05) is 20.2 Å². The van der Waals surface area contributed by atoms with E-state index < -0.39 is 5.60 Å². The monoisotopic (exact) mass is 417 g/mol. The van der Waals surface area contributed by atoms with Crippen LogP contribution in [0.5, 0.6) is 5.75 Å². The Kier molecular flexibility index (Phi) is 5.32. The zero-order valence-electron chi connectivity index (χ0n) is 18.4. The van der Waals surface area contributed by atoms with E-state index in [4.69, 9.17) is 4.74 Å². The predicted octanol–water partition coefficient (Wildman–Crippen LogP) is 4.22. The molecule has 1 saturated heterocycles. The summed E-state index contributed by atoms with van der Waals surface area (Å²) in [5.74, 6) is 2.17. The summed E-state index contributed by atoms with van der Waals surface area (Å²) in [5, 5.41) is 11.8. The smallest absolute Gasteiger partial charge is 0.141 e. The van der Waals surface area contributed by atoms with E-state index in [1.54, 1.807) is 13.3 Å². The predicted molar refractivity (Wildman–Crippen MR) is 122 cm³/mol. The molecule has 0 spiro atoms. The van der Waals surface area contributed by atoms with Gasteiger partial charge in [-0.15, -0.1) is 0 Å². The first-order valence-corrected chi connectivity index (χ1v) is 11.2. The molecule has 162 valence electrons. The number of methoxy groups -OCH3 is 1. The summed E-state index contributed by atoms with van der Waals surface area (Å²) in [7, 11) is 3.69. The van der Waals surface area contributed by atoms with E-state index >= 15 is 0 Å². The van der Waals surface area contributed by atoms with Crippen LogP contribution in [-0.2, 0) is 19.2 Å². The first-order valence-electron chi connectivity index (χ1n) is 11.2. The van der Waals surface area contributed by atoms with Gasteiger partial charge in [0, 0.05) is 50.9 Å². The molecule has 5 nitrogen and oxygen atoms in total. The van der Waals surface area contributed by atoms with Crippen molar-refractivity contribution in [3.05, 3.63) is 72.3 Å². The number of ether oxygens (including phenoxy) is 1. The lowest BCUT2D eigenvalue weighted by molar-refractivity contribution is -0.155. The van der Waals surface area contributed by atoms with Crippen LogP contribution in [0.3, 0.4) is 0 Å². The molecule has 2 atom stereocenters. The topological polar surface area (TPSA) is 50.5 Å². The maximum Gasteiger partial charge on any atom is 0.141 e. The molecule has 2 heterocycles. The Bertz CT molecular complexity index is 1030. The summed E-state index contributed by atoms with van der Waals surface area (Å²) in [6, 6.07) is 17.0. The van der Waals surface area contributed by atoms with Crippen LogP contribution in [0.1, 0.15) is 30.7 Å². The minimum atomic E-state index is -0.808. The van der Waals surface area contributed by atoms with Crippen molar-refractivity contribution in [1.29, 1.82) is 0 Å². The van der Waals surface area contributed by atoms with Gasteiger partial charge in [0.05, 0.1) is 7.11 Å². The molecule has 1 saturated carbocycles.